The minimum atomic E-state index is -4.13. The number of phosphoric ester groups is 1. The van der Waals surface area contributed by atoms with Crippen molar-refractivity contribution in [3.8, 4) is 0 Å². The molecule has 2 fully saturated rings. The summed E-state index contributed by atoms with van der Waals surface area (Å²) in [4.78, 5) is 10.9. The van der Waals surface area contributed by atoms with Crippen LogP contribution in [0.3, 0.4) is 0 Å². The van der Waals surface area contributed by atoms with Gasteiger partial charge in [0.1, 0.15) is 0 Å². The SMILES string of the molecule is COP(=O)([O-])OCC12CC1CCC2O. The Morgan fingerprint density at radius 3 is 2.79 bits per heavy atom. The molecule has 0 saturated heterocycles. The van der Waals surface area contributed by atoms with E-state index in [1.54, 1.807) is 0 Å². The number of hydrogen-bond acceptors (Lipinski definition) is 5. The molecule has 4 atom stereocenters. The first-order valence-corrected chi connectivity index (χ1v) is 6.16. The molecule has 1 N–H and O–H groups in total. The van der Waals surface area contributed by atoms with Gasteiger partial charge in [-0.1, -0.05) is 0 Å². The van der Waals surface area contributed by atoms with Crippen molar-refractivity contribution in [2.45, 2.75) is 25.4 Å². The molecule has 4 unspecified atom stereocenters. The molecular formula is C8H14O5P-. The predicted octanol–water partition coefficient (Wildman–Crippen LogP) is 0.279. The number of phosphoric acid groups is 1. The van der Waals surface area contributed by atoms with Crippen molar-refractivity contribution in [3.63, 3.8) is 0 Å². The van der Waals surface area contributed by atoms with Gasteiger partial charge < -0.3 is 19.0 Å². The lowest BCUT2D eigenvalue weighted by Crippen LogP contribution is -2.25. The molecule has 0 aromatic rings. The summed E-state index contributed by atoms with van der Waals surface area (Å²) in [7, 11) is -3.06. The molecule has 0 bridgehead atoms. The summed E-state index contributed by atoms with van der Waals surface area (Å²) in [6, 6.07) is 0. The summed E-state index contributed by atoms with van der Waals surface area (Å²) in [5, 5.41) is 9.65. The van der Waals surface area contributed by atoms with E-state index in [-0.39, 0.29) is 12.0 Å². The van der Waals surface area contributed by atoms with Gasteiger partial charge in [-0.15, -0.1) is 0 Å². The molecule has 0 amide bonds. The normalized spacial score (nSPS) is 44.5. The van der Waals surface area contributed by atoms with Crippen LogP contribution >= 0.6 is 7.82 Å². The Bertz CT molecular complexity index is 281. The molecule has 0 radical (unpaired) electrons. The minimum absolute atomic E-state index is 0.0629. The molecule has 2 saturated carbocycles. The molecule has 14 heavy (non-hydrogen) atoms. The highest BCUT2D eigenvalue weighted by atomic mass is 31.2. The second-order valence-corrected chi connectivity index (χ2v) is 5.65. The maximum Gasteiger partial charge on any atom is 0.267 e. The van der Waals surface area contributed by atoms with Crippen molar-refractivity contribution < 1.29 is 23.6 Å². The summed E-state index contributed by atoms with van der Waals surface area (Å²) >= 11 is 0. The van der Waals surface area contributed by atoms with Crippen LogP contribution < -0.4 is 4.89 Å². The van der Waals surface area contributed by atoms with Gasteiger partial charge in [-0.2, -0.15) is 0 Å². The first kappa shape index (κ1) is 10.6. The Labute approximate surface area is 82.6 Å². The van der Waals surface area contributed by atoms with Crippen molar-refractivity contribution in [1.82, 2.24) is 0 Å². The van der Waals surface area contributed by atoms with Gasteiger partial charge >= 0.3 is 0 Å². The molecule has 2 aliphatic carbocycles. The summed E-state index contributed by atoms with van der Waals surface area (Å²) in [5.74, 6) is 0.439. The van der Waals surface area contributed by atoms with E-state index in [0.717, 1.165) is 26.4 Å². The Morgan fingerprint density at radius 1 is 1.64 bits per heavy atom. The lowest BCUT2D eigenvalue weighted by Gasteiger charge is -2.25. The molecule has 0 spiro atoms. The Hall–Kier alpha value is 0.0700. The van der Waals surface area contributed by atoms with Crippen LogP contribution in [-0.4, -0.2) is 24.9 Å². The van der Waals surface area contributed by atoms with Crippen molar-refractivity contribution in [2.24, 2.45) is 11.3 Å². The molecule has 0 aromatic carbocycles. The third kappa shape index (κ3) is 1.64. The zero-order valence-electron chi connectivity index (χ0n) is 8.01. The highest BCUT2D eigenvalue weighted by Gasteiger charge is 2.62. The molecule has 0 heterocycles. The fraction of sp³-hybridized carbons (Fsp3) is 1.00. The van der Waals surface area contributed by atoms with Crippen LogP contribution in [0.1, 0.15) is 19.3 Å². The van der Waals surface area contributed by atoms with E-state index in [1.165, 1.54) is 0 Å². The van der Waals surface area contributed by atoms with Crippen molar-refractivity contribution in [2.75, 3.05) is 13.7 Å². The molecule has 82 valence electrons. The highest BCUT2D eigenvalue weighted by molar-refractivity contribution is 7.45. The molecule has 2 rings (SSSR count). The zero-order chi connectivity index (χ0) is 10.4. The number of aliphatic hydroxyl groups excluding tert-OH is 1. The van der Waals surface area contributed by atoms with Gasteiger partial charge in [0, 0.05) is 12.5 Å². The summed E-state index contributed by atoms with van der Waals surface area (Å²) in [6.45, 7) is 0.0629. The highest BCUT2D eigenvalue weighted by Crippen LogP contribution is 2.64. The zero-order valence-corrected chi connectivity index (χ0v) is 8.90. The molecule has 2 aliphatic rings. The van der Waals surface area contributed by atoms with Gasteiger partial charge in [-0.25, -0.2) is 0 Å². The van der Waals surface area contributed by atoms with Crippen molar-refractivity contribution in [1.29, 1.82) is 0 Å². The summed E-state index contributed by atoms with van der Waals surface area (Å²) in [5.41, 5.74) is -0.293. The second kappa shape index (κ2) is 3.29. The van der Waals surface area contributed by atoms with Gasteiger partial charge in [0.15, 0.2) is 0 Å². The van der Waals surface area contributed by atoms with E-state index >= 15 is 0 Å². The Balaban J connectivity index is 1.90. The molecular weight excluding hydrogens is 207 g/mol. The van der Waals surface area contributed by atoms with Gasteiger partial charge in [0.25, 0.3) is 7.82 Å². The van der Waals surface area contributed by atoms with Crippen molar-refractivity contribution >= 4 is 7.82 Å². The van der Waals surface area contributed by atoms with E-state index in [4.69, 9.17) is 4.52 Å². The van der Waals surface area contributed by atoms with E-state index in [1.807, 2.05) is 0 Å². The van der Waals surface area contributed by atoms with E-state index in [0.29, 0.717) is 5.92 Å². The van der Waals surface area contributed by atoms with Gasteiger partial charge in [0.05, 0.1) is 12.7 Å². The van der Waals surface area contributed by atoms with Crippen LogP contribution in [0.2, 0.25) is 0 Å². The molecule has 0 aromatic heterocycles. The third-order valence-electron chi connectivity index (χ3n) is 3.45. The standard InChI is InChI=1S/C8H15O5P/c1-12-14(10,11)13-5-8-4-6(8)2-3-7(8)9/h6-7,9H,2-5H2,1H3,(H,10,11)/p-1. The number of fused-ring (bicyclic) bond motifs is 1. The lowest BCUT2D eigenvalue weighted by molar-refractivity contribution is -0.224. The van der Waals surface area contributed by atoms with Crippen LogP contribution in [0.25, 0.3) is 0 Å². The van der Waals surface area contributed by atoms with Crippen LogP contribution in [0.15, 0.2) is 0 Å². The Kier molecular flexibility index (Phi) is 2.48. The van der Waals surface area contributed by atoms with Gasteiger partial charge in [-0.05, 0) is 25.2 Å². The van der Waals surface area contributed by atoms with Crippen molar-refractivity contribution in [3.05, 3.63) is 0 Å². The third-order valence-corrected chi connectivity index (χ3v) is 4.34. The fourth-order valence-corrected chi connectivity index (χ4v) is 2.87. The topological polar surface area (TPSA) is 78.8 Å². The number of hydrogen-bond donors (Lipinski definition) is 1. The largest absolute Gasteiger partial charge is 0.756 e. The minimum Gasteiger partial charge on any atom is -0.756 e. The van der Waals surface area contributed by atoms with Crippen LogP contribution in [0, 0.1) is 11.3 Å². The quantitative estimate of drug-likeness (QED) is 0.690. The first-order valence-electron chi connectivity index (χ1n) is 4.69. The van der Waals surface area contributed by atoms with Crippen LogP contribution in [-0.2, 0) is 13.6 Å². The van der Waals surface area contributed by atoms with Crippen LogP contribution in [0.4, 0.5) is 0 Å². The van der Waals surface area contributed by atoms with E-state index in [9.17, 15) is 14.6 Å². The fourth-order valence-electron chi connectivity index (χ4n) is 2.37. The summed E-state index contributed by atoms with van der Waals surface area (Å²) < 4.78 is 19.8. The molecule has 6 heteroatoms. The maximum atomic E-state index is 10.9. The van der Waals surface area contributed by atoms with Gasteiger partial charge in [0.2, 0.25) is 0 Å². The van der Waals surface area contributed by atoms with Gasteiger partial charge in [-0.3, -0.25) is 4.57 Å². The molecule has 0 aliphatic heterocycles. The Morgan fingerprint density at radius 2 is 2.36 bits per heavy atom. The average Bonchev–Trinajstić information content (AvgIpc) is 2.80. The number of rotatable bonds is 4. The predicted molar refractivity (Wildman–Crippen MR) is 46.3 cm³/mol. The van der Waals surface area contributed by atoms with E-state index in [2.05, 4.69) is 4.52 Å². The number of aliphatic hydroxyl groups is 1. The lowest BCUT2D eigenvalue weighted by atomic mass is 10.0. The molecule has 5 nitrogen and oxygen atoms in total. The first-order chi connectivity index (χ1) is 6.50. The average molecular weight is 221 g/mol. The monoisotopic (exact) mass is 221 g/mol. The van der Waals surface area contributed by atoms with Crippen LogP contribution in [0.5, 0.6) is 0 Å². The second-order valence-electron chi connectivity index (χ2n) is 4.13. The summed E-state index contributed by atoms with van der Waals surface area (Å²) in [6.07, 6.45) is 2.19. The smallest absolute Gasteiger partial charge is 0.267 e. The van der Waals surface area contributed by atoms with E-state index < -0.39 is 13.9 Å². The maximum absolute atomic E-state index is 10.9.